The van der Waals surface area contributed by atoms with Gasteiger partial charge in [0.1, 0.15) is 5.75 Å². The van der Waals surface area contributed by atoms with Gasteiger partial charge in [-0.25, -0.2) is 0 Å². The number of amides is 2. The number of thioether (sulfide) groups is 1. The van der Waals surface area contributed by atoms with Crippen molar-refractivity contribution in [3.63, 3.8) is 0 Å². The quantitative estimate of drug-likeness (QED) is 0.317. The molecule has 2 aliphatic carbocycles. The van der Waals surface area contributed by atoms with E-state index >= 15 is 0 Å². The van der Waals surface area contributed by atoms with Crippen LogP contribution in [-0.2, 0) is 9.59 Å². The first-order chi connectivity index (χ1) is 19.5. The van der Waals surface area contributed by atoms with E-state index < -0.39 is 0 Å². The minimum absolute atomic E-state index is 0.0175. The van der Waals surface area contributed by atoms with Gasteiger partial charge < -0.3 is 9.72 Å². The molecule has 2 saturated carbocycles. The molecule has 200 valence electrons. The van der Waals surface area contributed by atoms with Crippen molar-refractivity contribution < 1.29 is 14.3 Å². The van der Waals surface area contributed by atoms with Gasteiger partial charge in [0.25, 0.3) is 0 Å². The van der Waals surface area contributed by atoms with Gasteiger partial charge in [-0.05, 0) is 65.1 Å². The monoisotopic (exact) mass is 566 g/mol. The number of ether oxygens (including phenoxy) is 1. The van der Waals surface area contributed by atoms with Gasteiger partial charge in [0.05, 0.1) is 29.7 Å². The van der Waals surface area contributed by atoms with E-state index in [2.05, 4.69) is 41.4 Å². The summed E-state index contributed by atoms with van der Waals surface area (Å²) in [6, 6.07) is 26.1. The molecule has 3 fully saturated rings. The van der Waals surface area contributed by atoms with E-state index in [4.69, 9.17) is 4.74 Å². The van der Waals surface area contributed by atoms with Gasteiger partial charge in [-0.3, -0.25) is 19.3 Å². The summed E-state index contributed by atoms with van der Waals surface area (Å²) in [5.74, 6) is 0.304. The Bertz CT molecular complexity index is 1700. The topological polar surface area (TPSA) is 79.5 Å². The van der Waals surface area contributed by atoms with E-state index in [0.29, 0.717) is 11.4 Å². The molecule has 1 saturated heterocycles. The van der Waals surface area contributed by atoms with Crippen molar-refractivity contribution in [2.45, 2.75) is 22.6 Å². The SMILES string of the molecule is COc1ccc(N2C(=O)C3C4CC(C3C2=O)C2C4Sc3[nH]c(=O)sc3[C@@H]2c2ccc(-c3ccccc3)cc2)cc1. The molecule has 7 atom stereocenters. The number of fused-ring (bicyclic) bond motifs is 9. The molecule has 2 amide bonds. The molecule has 8 rings (SSSR count). The predicted octanol–water partition coefficient (Wildman–Crippen LogP) is 5.79. The molecule has 2 bridgehead atoms. The van der Waals surface area contributed by atoms with Gasteiger partial charge in [-0.1, -0.05) is 65.9 Å². The van der Waals surface area contributed by atoms with Crippen LogP contribution in [0.1, 0.15) is 22.8 Å². The number of rotatable bonds is 4. The number of nitrogens with zero attached hydrogens (tertiary/aromatic N) is 1. The highest BCUT2D eigenvalue weighted by atomic mass is 32.2. The van der Waals surface area contributed by atoms with E-state index in [0.717, 1.165) is 27.5 Å². The number of hydrogen-bond acceptors (Lipinski definition) is 6. The summed E-state index contributed by atoms with van der Waals surface area (Å²) in [5.41, 5.74) is 4.08. The minimum atomic E-state index is -0.315. The van der Waals surface area contributed by atoms with Crippen molar-refractivity contribution >= 4 is 40.6 Å². The number of benzene rings is 3. The Balaban J connectivity index is 1.18. The minimum Gasteiger partial charge on any atom is -0.497 e. The molecule has 1 aromatic heterocycles. The molecule has 4 aromatic rings. The fraction of sp³-hybridized carbons (Fsp3) is 0.281. The summed E-state index contributed by atoms with van der Waals surface area (Å²) in [6.07, 6.45) is 0.878. The van der Waals surface area contributed by atoms with Gasteiger partial charge in [0, 0.05) is 16.0 Å². The average molecular weight is 567 g/mol. The van der Waals surface area contributed by atoms with Gasteiger partial charge in [0.2, 0.25) is 11.8 Å². The molecule has 6 nitrogen and oxygen atoms in total. The maximum Gasteiger partial charge on any atom is 0.305 e. The van der Waals surface area contributed by atoms with Crippen LogP contribution < -0.4 is 14.5 Å². The summed E-state index contributed by atoms with van der Waals surface area (Å²) in [7, 11) is 1.60. The fourth-order valence-electron chi connectivity index (χ4n) is 7.89. The van der Waals surface area contributed by atoms with E-state index in [1.807, 2.05) is 18.2 Å². The van der Waals surface area contributed by atoms with Crippen LogP contribution in [-0.4, -0.2) is 29.2 Å². The molecule has 2 aliphatic heterocycles. The standard InChI is InChI=1S/C32H26N2O4S2/c1-38-20-13-11-19(12-14-20)34-30(35)25-21-15-22(26(25)31(34)36)27-24(21)23(28-29(39-27)33-32(37)40-28)18-9-7-17(8-10-18)16-5-3-2-4-6-16/h2-14,21-27H,15H2,1H3,(H,33,37)/t21?,22?,23-,24?,25?,26?,27?/m1/s1. The predicted molar refractivity (Wildman–Crippen MR) is 156 cm³/mol. The van der Waals surface area contributed by atoms with Gasteiger partial charge in [-0.15, -0.1) is 11.8 Å². The Labute approximate surface area is 239 Å². The molecule has 3 aromatic carbocycles. The molecular weight excluding hydrogens is 540 g/mol. The normalized spacial score (nSPS) is 29.8. The van der Waals surface area contributed by atoms with E-state index in [-0.39, 0.29) is 57.4 Å². The second kappa shape index (κ2) is 8.94. The number of carbonyl (C=O) groups is 2. The Morgan fingerprint density at radius 2 is 1.50 bits per heavy atom. The van der Waals surface area contributed by atoms with Crippen molar-refractivity contribution in [3.8, 4) is 16.9 Å². The van der Waals surface area contributed by atoms with E-state index in [9.17, 15) is 14.4 Å². The largest absolute Gasteiger partial charge is 0.497 e. The van der Waals surface area contributed by atoms with Crippen molar-refractivity contribution in [3.05, 3.63) is 99.0 Å². The lowest BCUT2D eigenvalue weighted by atomic mass is 9.68. The number of aromatic amines is 1. The molecule has 0 spiro atoms. The molecule has 4 aliphatic rings. The van der Waals surface area contributed by atoms with Crippen molar-refractivity contribution in [1.82, 2.24) is 4.98 Å². The van der Waals surface area contributed by atoms with Crippen molar-refractivity contribution in [1.29, 1.82) is 0 Å². The number of thiazole rings is 1. The zero-order chi connectivity index (χ0) is 27.1. The lowest BCUT2D eigenvalue weighted by molar-refractivity contribution is -0.123. The maximum absolute atomic E-state index is 13.9. The van der Waals surface area contributed by atoms with Crippen LogP contribution in [0.4, 0.5) is 5.69 Å². The Hall–Kier alpha value is -3.62. The number of imide groups is 1. The highest BCUT2D eigenvalue weighted by Gasteiger charge is 2.69. The lowest BCUT2D eigenvalue weighted by Crippen LogP contribution is -2.42. The fourth-order valence-corrected chi connectivity index (χ4v) is 10.8. The smallest absolute Gasteiger partial charge is 0.305 e. The first kappa shape index (κ1) is 24.2. The Morgan fingerprint density at radius 3 is 2.20 bits per heavy atom. The number of H-pyrrole nitrogens is 1. The van der Waals surface area contributed by atoms with E-state index in [1.165, 1.54) is 21.8 Å². The Kier molecular flexibility index (Phi) is 5.41. The highest BCUT2D eigenvalue weighted by Crippen LogP contribution is 2.68. The van der Waals surface area contributed by atoms with Crippen LogP contribution in [0.25, 0.3) is 11.1 Å². The van der Waals surface area contributed by atoms with Crippen LogP contribution in [0.3, 0.4) is 0 Å². The summed E-state index contributed by atoms with van der Waals surface area (Å²) < 4.78 is 5.27. The molecule has 6 unspecified atom stereocenters. The first-order valence-electron chi connectivity index (χ1n) is 13.6. The number of aromatic nitrogens is 1. The number of methoxy groups -OCH3 is 1. The third-order valence-electron chi connectivity index (χ3n) is 9.43. The zero-order valence-electron chi connectivity index (χ0n) is 21.7. The molecule has 40 heavy (non-hydrogen) atoms. The van der Waals surface area contributed by atoms with Crippen molar-refractivity contribution in [2.24, 2.45) is 29.6 Å². The molecule has 0 radical (unpaired) electrons. The number of anilines is 1. The lowest BCUT2D eigenvalue weighted by Gasteiger charge is -2.43. The average Bonchev–Trinajstić information content (AvgIpc) is 3.72. The van der Waals surface area contributed by atoms with Crippen LogP contribution in [0.2, 0.25) is 0 Å². The van der Waals surface area contributed by atoms with Crippen LogP contribution in [0, 0.1) is 29.6 Å². The maximum atomic E-state index is 13.9. The Morgan fingerprint density at radius 1 is 0.825 bits per heavy atom. The van der Waals surface area contributed by atoms with E-state index in [1.54, 1.807) is 43.1 Å². The first-order valence-corrected chi connectivity index (χ1v) is 15.3. The summed E-state index contributed by atoms with van der Waals surface area (Å²) in [5, 5.41) is 1.11. The second-order valence-electron chi connectivity index (χ2n) is 11.2. The number of hydrogen-bond donors (Lipinski definition) is 1. The van der Waals surface area contributed by atoms with Gasteiger partial charge in [0.15, 0.2) is 0 Å². The van der Waals surface area contributed by atoms with Gasteiger partial charge in [-0.2, -0.15) is 0 Å². The van der Waals surface area contributed by atoms with Crippen LogP contribution in [0.15, 0.2) is 88.7 Å². The third-order valence-corrected chi connectivity index (χ3v) is 12.0. The molecular formula is C32H26N2O4S2. The molecule has 3 heterocycles. The number of carbonyl (C=O) groups excluding carboxylic acids is 2. The summed E-state index contributed by atoms with van der Waals surface area (Å²) in [4.78, 5) is 45.8. The van der Waals surface area contributed by atoms with Crippen LogP contribution >= 0.6 is 23.1 Å². The summed E-state index contributed by atoms with van der Waals surface area (Å²) >= 11 is 3.01. The molecule has 1 N–H and O–H groups in total. The van der Waals surface area contributed by atoms with Crippen LogP contribution in [0.5, 0.6) is 5.75 Å². The number of nitrogens with one attached hydrogen (secondary N) is 1. The second-order valence-corrected chi connectivity index (χ2v) is 13.4. The summed E-state index contributed by atoms with van der Waals surface area (Å²) in [6.45, 7) is 0. The molecule has 8 heteroatoms. The highest BCUT2D eigenvalue weighted by molar-refractivity contribution is 8.00. The zero-order valence-corrected chi connectivity index (χ0v) is 23.3. The van der Waals surface area contributed by atoms with Crippen molar-refractivity contribution in [2.75, 3.05) is 12.0 Å². The third kappa shape index (κ3) is 3.38. The van der Waals surface area contributed by atoms with Gasteiger partial charge >= 0.3 is 4.87 Å².